The maximum absolute atomic E-state index is 5.89. The first kappa shape index (κ1) is 18.8. The molecule has 2 heterocycles. The van der Waals surface area contributed by atoms with Gasteiger partial charge in [0.1, 0.15) is 11.6 Å². The van der Waals surface area contributed by atoms with Crippen molar-refractivity contribution in [2.24, 2.45) is 0 Å². The summed E-state index contributed by atoms with van der Waals surface area (Å²) in [5.41, 5.74) is 1.42. The van der Waals surface area contributed by atoms with E-state index in [0.717, 1.165) is 11.1 Å². The van der Waals surface area contributed by atoms with Gasteiger partial charge in [0, 0.05) is 23.2 Å². The van der Waals surface area contributed by atoms with Crippen molar-refractivity contribution >= 4 is 22.4 Å². The number of nitrogens with zero attached hydrogens (tertiary/aromatic N) is 2. The van der Waals surface area contributed by atoms with Gasteiger partial charge in [0.25, 0.3) is 0 Å². The van der Waals surface area contributed by atoms with E-state index in [2.05, 4.69) is 15.3 Å². The van der Waals surface area contributed by atoms with E-state index in [1.54, 1.807) is 20.3 Å². The smallest absolute Gasteiger partial charge is 0.324 e. The number of hydrogen-bond donors (Lipinski definition) is 1. The van der Waals surface area contributed by atoms with Crippen molar-refractivity contribution < 1.29 is 23.7 Å². The van der Waals surface area contributed by atoms with Crippen LogP contribution in [0.3, 0.4) is 0 Å². The van der Waals surface area contributed by atoms with Crippen LogP contribution in [0.4, 0.5) is 11.5 Å². The summed E-state index contributed by atoms with van der Waals surface area (Å²) in [7, 11) is 3.17. The normalized spacial score (nSPS) is 11.9. The van der Waals surface area contributed by atoms with Crippen molar-refractivity contribution in [2.75, 3.05) is 26.3 Å². The molecule has 1 N–H and O–H groups in total. The van der Waals surface area contributed by atoms with Crippen LogP contribution < -0.4 is 29.0 Å². The molecule has 1 aromatic heterocycles. The predicted octanol–water partition coefficient (Wildman–Crippen LogP) is 4.91. The van der Waals surface area contributed by atoms with Gasteiger partial charge in [-0.3, -0.25) is 0 Å². The van der Waals surface area contributed by atoms with E-state index < -0.39 is 0 Å². The molecule has 0 unspecified atom stereocenters. The molecule has 0 bridgehead atoms. The molecule has 8 nitrogen and oxygen atoms in total. The van der Waals surface area contributed by atoms with E-state index in [1.807, 2.05) is 54.6 Å². The highest BCUT2D eigenvalue weighted by molar-refractivity contribution is 5.93. The average Bonchev–Trinajstić information content (AvgIpc) is 3.27. The number of hydrogen-bond acceptors (Lipinski definition) is 8. The summed E-state index contributed by atoms with van der Waals surface area (Å²) < 4.78 is 27.7. The lowest BCUT2D eigenvalue weighted by Crippen LogP contribution is -2.01. The zero-order valence-corrected chi connectivity index (χ0v) is 16.9. The number of para-hydroxylation sites is 1. The quantitative estimate of drug-likeness (QED) is 0.474. The zero-order chi connectivity index (χ0) is 21.2. The van der Waals surface area contributed by atoms with Crippen molar-refractivity contribution in [3.8, 4) is 34.8 Å². The molecule has 0 saturated carbocycles. The van der Waals surface area contributed by atoms with Gasteiger partial charge in [0.2, 0.25) is 6.79 Å². The summed E-state index contributed by atoms with van der Waals surface area (Å²) >= 11 is 0. The highest BCUT2D eigenvalue weighted by atomic mass is 16.7. The molecular formula is C23H19N3O5. The van der Waals surface area contributed by atoms with Crippen molar-refractivity contribution in [1.29, 1.82) is 0 Å². The lowest BCUT2D eigenvalue weighted by Gasteiger charge is -2.14. The first-order valence-corrected chi connectivity index (χ1v) is 9.57. The molecule has 0 amide bonds. The van der Waals surface area contributed by atoms with Crippen LogP contribution in [-0.4, -0.2) is 31.0 Å². The molecule has 31 heavy (non-hydrogen) atoms. The standard InChI is InChI=1S/C23H19N3O5/c1-27-19-11-16-17(12-20(19)28-2)25-23(31-15-6-4-3-5-7-15)26-22(16)24-14-8-9-18-21(10-14)30-13-29-18/h3-12H,13H2,1-2H3,(H,24,25,26). The van der Waals surface area contributed by atoms with Crippen molar-refractivity contribution in [3.05, 3.63) is 60.7 Å². The Morgan fingerprint density at radius 1 is 0.839 bits per heavy atom. The molecule has 156 valence electrons. The summed E-state index contributed by atoms with van der Waals surface area (Å²) in [5, 5.41) is 4.07. The molecule has 1 aliphatic heterocycles. The fraction of sp³-hybridized carbons (Fsp3) is 0.130. The molecular weight excluding hydrogens is 398 g/mol. The van der Waals surface area contributed by atoms with Crippen molar-refractivity contribution in [1.82, 2.24) is 9.97 Å². The summed E-state index contributed by atoms with van der Waals surface area (Å²) in [4.78, 5) is 9.16. The van der Waals surface area contributed by atoms with E-state index in [-0.39, 0.29) is 12.8 Å². The Morgan fingerprint density at radius 3 is 2.42 bits per heavy atom. The third kappa shape index (κ3) is 3.71. The van der Waals surface area contributed by atoms with E-state index in [4.69, 9.17) is 23.7 Å². The first-order valence-electron chi connectivity index (χ1n) is 9.57. The lowest BCUT2D eigenvalue weighted by atomic mass is 10.2. The van der Waals surface area contributed by atoms with Gasteiger partial charge in [0.05, 0.1) is 19.7 Å². The minimum atomic E-state index is 0.203. The third-order valence-electron chi connectivity index (χ3n) is 4.77. The first-order chi connectivity index (χ1) is 15.2. The molecule has 3 aromatic carbocycles. The second kappa shape index (κ2) is 7.91. The molecule has 0 saturated heterocycles. The van der Waals surface area contributed by atoms with Crippen LogP contribution in [0.2, 0.25) is 0 Å². The lowest BCUT2D eigenvalue weighted by molar-refractivity contribution is 0.174. The Labute approximate surface area is 178 Å². The number of fused-ring (bicyclic) bond motifs is 2. The molecule has 0 radical (unpaired) electrons. The fourth-order valence-electron chi connectivity index (χ4n) is 3.28. The van der Waals surface area contributed by atoms with Crippen LogP contribution in [0.1, 0.15) is 0 Å². The molecule has 1 aliphatic rings. The van der Waals surface area contributed by atoms with Crippen LogP contribution in [-0.2, 0) is 0 Å². The molecule has 0 atom stereocenters. The maximum Gasteiger partial charge on any atom is 0.324 e. The van der Waals surface area contributed by atoms with Gasteiger partial charge in [-0.15, -0.1) is 0 Å². The van der Waals surface area contributed by atoms with Gasteiger partial charge in [-0.1, -0.05) is 18.2 Å². The van der Waals surface area contributed by atoms with Gasteiger partial charge >= 0.3 is 6.01 Å². The number of anilines is 2. The highest BCUT2D eigenvalue weighted by Crippen LogP contribution is 2.38. The van der Waals surface area contributed by atoms with Gasteiger partial charge in [-0.2, -0.15) is 9.97 Å². The largest absolute Gasteiger partial charge is 0.493 e. The third-order valence-corrected chi connectivity index (χ3v) is 4.77. The SMILES string of the molecule is COc1cc2nc(Oc3ccccc3)nc(Nc3ccc4c(c3)OCO4)c2cc1OC. The van der Waals surface area contributed by atoms with Crippen LogP contribution in [0.25, 0.3) is 10.9 Å². The topological polar surface area (TPSA) is 84.0 Å². The predicted molar refractivity (Wildman–Crippen MR) is 115 cm³/mol. The van der Waals surface area contributed by atoms with Gasteiger partial charge in [-0.05, 0) is 30.3 Å². The van der Waals surface area contributed by atoms with Gasteiger partial charge in [0.15, 0.2) is 23.0 Å². The molecule has 8 heteroatoms. The fourth-order valence-corrected chi connectivity index (χ4v) is 3.28. The maximum atomic E-state index is 5.89. The molecule has 0 aliphatic carbocycles. The van der Waals surface area contributed by atoms with Crippen LogP contribution in [0, 0.1) is 0 Å². The summed E-state index contributed by atoms with van der Waals surface area (Å²) in [6.07, 6.45) is 0. The van der Waals surface area contributed by atoms with Gasteiger partial charge < -0.3 is 29.0 Å². The Bertz CT molecular complexity index is 1250. The van der Waals surface area contributed by atoms with Crippen molar-refractivity contribution in [3.63, 3.8) is 0 Å². The minimum absolute atomic E-state index is 0.203. The highest BCUT2D eigenvalue weighted by Gasteiger charge is 2.17. The summed E-state index contributed by atoms with van der Waals surface area (Å²) in [5.74, 6) is 3.70. The monoisotopic (exact) mass is 417 g/mol. The second-order valence-electron chi connectivity index (χ2n) is 6.69. The van der Waals surface area contributed by atoms with Gasteiger partial charge in [-0.25, -0.2) is 0 Å². The summed E-state index contributed by atoms with van der Waals surface area (Å²) in [6, 6.07) is 18.8. The van der Waals surface area contributed by atoms with Crippen molar-refractivity contribution in [2.45, 2.75) is 0 Å². The van der Waals surface area contributed by atoms with Crippen LogP contribution in [0.15, 0.2) is 60.7 Å². The van der Waals surface area contributed by atoms with E-state index >= 15 is 0 Å². The Hall–Kier alpha value is -4.20. The van der Waals surface area contributed by atoms with Crippen LogP contribution >= 0.6 is 0 Å². The van der Waals surface area contributed by atoms with E-state index in [1.165, 1.54) is 0 Å². The van der Waals surface area contributed by atoms with E-state index in [0.29, 0.717) is 40.1 Å². The number of aromatic nitrogens is 2. The summed E-state index contributed by atoms with van der Waals surface area (Å²) in [6.45, 7) is 0.210. The number of rotatable bonds is 6. The zero-order valence-electron chi connectivity index (χ0n) is 16.9. The number of methoxy groups -OCH3 is 2. The number of benzene rings is 3. The molecule has 4 aromatic rings. The van der Waals surface area contributed by atoms with E-state index in [9.17, 15) is 0 Å². The molecule has 0 spiro atoms. The minimum Gasteiger partial charge on any atom is -0.493 e. The molecule has 0 fully saturated rings. The average molecular weight is 417 g/mol. The Kier molecular flexibility index (Phi) is 4.80. The second-order valence-corrected chi connectivity index (χ2v) is 6.69. The number of ether oxygens (including phenoxy) is 5. The molecule has 5 rings (SSSR count). The Morgan fingerprint density at radius 2 is 1.61 bits per heavy atom. The van der Waals surface area contributed by atoms with Crippen LogP contribution in [0.5, 0.6) is 34.8 Å². The Balaban J connectivity index is 1.60. The number of nitrogens with one attached hydrogen (secondary N) is 1.